The number of ether oxygens (including phenoxy) is 2. The van der Waals surface area contributed by atoms with Crippen LogP contribution < -0.4 is 0 Å². The van der Waals surface area contributed by atoms with Crippen LogP contribution in [0.25, 0.3) is 0 Å². The Hall–Kier alpha value is -1.00. The van der Waals surface area contributed by atoms with Crippen LogP contribution in [-0.4, -0.2) is 19.5 Å². The van der Waals surface area contributed by atoms with Crippen molar-refractivity contribution in [1.82, 2.24) is 0 Å². The lowest BCUT2D eigenvalue weighted by Gasteiger charge is -2.37. The van der Waals surface area contributed by atoms with Crippen LogP contribution in [0.1, 0.15) is 49.7 Å². The molecule has 1 aromatic rings. The molecular formula is C18H24F2O2. The van der Waals surface area contributed by atoms with Crippen molar-refractivity contribution in [3.05, 3.63) is 34.9 Å². The molecular weight excluding hydrogens is 286 g/mol. The highest BCUT2D eigenvalue weighted by atomic mass is 19.2. The molecule has 122 valence electrons. The van der Waals surface area contributed by atoms with Crippen molar-refractivity contribution < 1.29 is 18.3 Å². The Kier molecular flexibility index (Phi) is 4.79. The van der Waals surface area contributed by atoms with Gasteiger partial charge in [0.1, 0.15) is 0 Å². The summed E-state index contributed by atoms with van der Waals surface area (Å²) in [4.78, 5) is 0. The van der Waals surface area contributed by atoms with E-state index in [0.717, 1.165) is 44.5 Å². The molecule has 1 saturated heterocycles. The van der Waals surface area contributed by atoms with Gasteiger partial charge in [0, 0.05) is 11.8 Å². The minimum atomic E-state index is -0.731. The lowest BCUT2D eigenvalue weighted by molar-refractivity contribution is -0.226. The van der Waals surface area contributed by atoms with Gasteiger partial charge in [-0.15, -0.1) is 0 Å². The largest absolute Gasteiger partial charge is 0.352 e. The molecule has 0 unspecified atom stereocenters. The summed E-state index contributed by atoms with van der Waals surface area (Å²) in [6, 6.07) is 3.15. The molecule has 0 N–H and O–H groups in total. The molecule has 0 radical (unpaired) electrons. The molecule has 1 heterocycles. The summed E-state index contributed by atoms with van der Waals surface area (Å²) >= 11 is 0. The predicted octanol–water partition coefficient (Wildman–Crippen LogP) is 4.56. The highest BCUT2D eigenvalue weighted by Gasteiger charge is 2.32. The van der Waals surface area contributed by atoms with Crippen LogP contribution in [0.15, 0.2) is 12.1 Å². The predicted molar refractivity (Wildman–Crippen MR) is 80.7 cm³/mol. The van der Waals surface area contributed by atoms with Gasteiger partial charge in [-0.2, -0.15) is 0 Å². The Morgan fingerprint density at radius 2 is 1.64 bits per heavy atom. The summed E-state index contributed by atoms with van der Waals surface area (Å²) in [5, 5.41) is 0. The first-order valence-electron chi connectivity index (χ1n) is 8.23. The van der Waals surface area contributed by atoms with Gasteiger partial charge in [0.25, 0.3) is 0 Å². The Labute approximate surface area is 130 Å². The molecule has 0 aromatic heterocycles. The van der Waals surface area contributed by atoms with Gasteiger partial charge in [-0.3, -0.25) is 0 Å². The van der Waals surface area contributed by atoms with Crippen molar-refractivity contribution in [2.75, 3.05) is 13.2 Å². The fourth-order valence-corrected chi connectivity index (χ4v) is 3.60. The van der Waals surface area contributed by atoms with Gasteiger partial charge >= 0.3 is 0 Å². The molecule has 2 nitrogen and oxygen atoms in total. The molecule has 1 aromatic carbocycles. The van der Waals surface area contributed by atoms with E-state index in [-0.39, 0.29) is 6.29 Å². The lowest BCUT2D eigenvalue weighted by atomic mass is 9.78. The fraction of sp³-hybridized carbons (Fsp3) is 0.667. The third kappa shape index (κ3) is 3.33. The smallest absolute Gasteiger partial charge is 0.161 e. The van der Waals surface area contributed by atoms with Crippen LogP contribution in [0, 0.1) is 30.4 Å². The van der Waals surface area contributed by atoms with E-state index in [1.165, 1.54) is 6.07 Å². The Balaban J connectivity index is 1.60. The van der Waals surface area contributed by atoms with E-state index in [0.29, 0.717) is 23.3 Å². The second-order valence-corrected chi connectivity index (χ2v) is 6.89. The summed E-state index contributed by atoms with van der Waals surface area (Å²) < 4.78 is 38.6. The average Bonchev–Trinajstić information content (AvgIpc) is 2.53. The van der Waals surface area contributed by atoms with Gasteiger partial charge in [-0.1, -0.05) is 13.0 Å². The van der Waals surface area contributed by atoms with E-state index in [1.54, 1.807) is 13.0 Å². The summed E-state index contributed by atoms with van der Waals surface area (Å²) in [7, 11) is 0. The van der Waals surface area contributed by atoms with E-state index < -0.39 is 11.6 Å². The standard InChI is InChI=1S/C18H24F2O2/c1-11-9-21-18(22-10-11)14-5-3-13(4-6-14)15-7-12(2)17(20)16(19)8-15/h7-8,11,13-14,18H,3-6,9-10H2,1-2H3. The van der Waals surface area contributed by atoms with Crippen molar-refractivity contribution in [2.24, 2.45) is 11.8 Å². The second-order valence-electron chi connectivity index (χ2n) is 6.89. The molecule has 4 heteroatoms. The number of benzene rings is 1. The molecule has 0 bridgehead atoms. The molecule has 1 aliphatic heterocycles. The Bertz CT molecular complexity index is 493. The Morgan fingerprint density at radius 3 is 2.23 bits per heavy atom. The summed E-state index contributed by atoms with van der Waals surface area (Å²) in [5.74, 6) is -0.249. The van der Waals surface area contributed by atoms with Crippen molar-refractivity contribution in [2.45, 2.75) is 51.7 Å². The third-order valence-corrected chi connectivity index (χ3v) is 4.95. The zero-order valence-corrected chi connectivity index (χ0v) is 13.3. The Morgan fingerprint density at radius 1 is 1.00 bits per heavy atom. The van der Waals surface area contributed by atoms with E-state index in [2.05, 4.69) is 6.92 Å². The summed E-state index contributed by atoms with van der Waals surface area (Å²) in [6.45, 7) is 5.29. The molecule has 0 amide bonds. The quantitative estimate of drug-likeness (QED) is 0.797. The first-order valence-corrected chi connectivity index (χ1v) is 8.23. The summed E-state index contributed by atoms with van der Waals surface area (Å²) in [5.41, 5.74) is 1.32. The maximum atomic E-state index is 13.6. The average molecular weight is 310 g/mol. The van der Waals surface area contributed by atoms with Crippen LogP contribution >= 0.6 is 0 Å². The first-order chi connectivity index (χ1) is 10.5. The third-order valence-electron chi connectivity index (χ3n) is 4.95. The number of aryl methyl sites for hydroxylation is 1. The highest BCUT2D eigenvalue weighted by molar-refractivity contribution is 5.28. The van der Waals surface area contributed by atoms with Crippen molar-refractivity contribution in [3.8, 4) is 0 Å². The van der Waals surface area contributed by atoms with Gasteiger partial charge in [0.05, 0.1) is 13.2 Å². The maximum Gasteiger partial charge on any atom is 0.161 e. The van der Waals surface area contributed by atoms with Crippen molar-refractivity contribution in [3.63, 3.8) is 0 Å². The fourth-order valence-electron chi connectivity index (χ4n) is 3.60. The lowest BCUT2D eigenvalue weighted by Crippen LogP contribution is -2.37. The zero-order chi connectivity index (χ0) is 15.7. The highest BCUT2D eigenvalue weighted by Crippen LogP contribution is 2.39. The number of hydrogen-bond donors (Lipinski definition) is 0. The summed E-state index contributed by atoms with van der Waals surface area (Å²) in [6.07, 6.45) is 3.91. The minimum absolute atomic E-state index is 0.0798. The number of hydrogen-bond acceptors (Lipinski definition) is 2. The maximum absolute atomic E-state index is 13.6. The van der Waals surface area contributed by atoms with E-state index in [9.17, 15) is 8.78 Å². The molecule has 0 spiro atoms. The van der Waals surface area contributed by atoms with E-state index >= 15 is 0 Å². The van der Waals surface area contributed by atoms with Crippen LogP contribution in [0.4, 0.5) is 8.78 Å². The monoisotopic (exact) mass is 310 g/mol. The zero-order valence-electron chi connectivity index (χ0n) is 13.3. The molecule has 3 rings (SSSR count). The van der Waals surface area contributed by atoms with Crippen molar-refractivity contribution >= 4 is 0 Å². The number of halogens is 2. The van der Waals surface area contributed by atoms with Gasteiger partial charge in [0.2, 0.25) is 0 Å². The molecule has 2 aliphatic rings. The van der Waals surface area contributed by atoms with Crippen LogP contribution in [0.2, 0.25) is 0 Å². The van der Waals surface area contributed by atoms with Crippen molar-refractivity contribution in [1.29, 1.82) is 0 Å². The molecule has 22 heavy (non-hydrogen) atoms. The van der Waals surface area contributed by atoms with Gasteiger partial charge in [-0.25, -0.2) is 8.78 Å². The van der Waals surface area contributed by atoms with Crippen LogP contribution in [0.5, 0.6) is 0 Å². The minimum Gasteiger partial charge on any atom is -0.352 e. The molecule has 0 atom stereocenters. The topological polar surface area (TPSA) is 18.5 Å². The number of rotatable bonds is 2. The normalized spacial score (nSPS) is 32.9. The first kappa shape index (κ1) is 15.9. The van der Waals surface area contributed by atoms with E-state index in [1.807, 2.05) is 0 Å². The van der Waals surface area contributed by atoms with Crippen LogP contribution in [0.3, 0.4) is 0 Å². The molecule has 1 aliphatic carbocycles. The van der Waals surface area contributed by atoms with Gasteiger partial charge < -0.3 is 9.47 Å². The SMILES string of the molecule is Cc1cc(C2CCC(C3OCC(C)CO3)CC2)cc(F)c1F. The molecule has 2 fully saturated rings. The van der Waals surface area contributed by atoms with Crippen LogP contribution in [-0.2, 0) is 9.47 Å². The van der Waals surface area contributed by atoms with Gasteiger partial charge in [0.15, 0.2) is 17.9 Å². The van der Waals surface area contributed by atoms with E-state index in [4.69, 9.17) is 9.47 Å². The second kappa shape index (κ2) is 6.63. The van der Waals surface area contributed by atoms with Gasteiger partial charge in [-0.05, 0) is 55.7 Å². The molecule has 1 saturated carbocycles.